The number of hydrogen-bond donors (Lipinski definition) is 0. The van der Waals surface area contributed by atoms with Crippen LogP contribution in [0.2, 0.25) is 0 Å². The second kappa shape index (κ2) is 5.67. The van der Waals surface area contributed by atoms with Crippen LogP contribution < -0.4 is 0 Å². The quantitative estimate of drug-likeness (QED) is 0.781. The number of fused-ring (bicyclic) bond motifs is 1. The van der Waals surface area contributed by atoms with Crippen LogP contribution in [0, 0.1) is 5.82 Å². The van der Waals surface area contributed by atoms with Crippen molar-refractivity contribution in [2.24, 2.45) is 0 Å². The summed E-state index contributed by atoms with van der Waals surface area (Å²) in [5.74, 6) is 0.964. The topological polar surface area (TPSA) is 27.1 Å². The molecule has 0 saturated heterocycles. The van der Waals surface area contributed by atoms with Crippen LogP contribution in [-0.4, -0.2) is 29.1 Å². The molecular formula is C13H16ClFN2O. The Morgan fingerprint density at radius 3 is 2.94 bits per heavy atom. The van der Waals surface area contributed by atoms with E-state index in [1.54, 1.807) is 13.2 Å². The number of hydrogen-bond acceptors (Lipinski definition) is 2. The van der Waals surface area contributed by atoms with Crippen LogP contribution in [0.3, 0.4) is 0 Å². The number of rotatable bonds is 5. The number of imidazole rings is 1. The summed E-state index contributed by atoms with van der Waals surface area (Å²) in [6, 6.07) is 5.08. The van der Waals surface area contributed by atoms with Gasteiger partial charge in [-0.1, -0.05) is 6.07 Å². The lowest BCUT2D eigenvalue weighted by Gasteiger charge is -2.16. The Morgan fingerprint density at radius 1 is 1.50 bits per heavy atom. The van der Waals surface area contributed by atoms with E-state index in [-0.39, 0.29) is 11.9 Å². The van der Waals surface area contributed by atoms with Crippen LogP contribution in [-0.2, 0) is 11.2 Å². The smallest absolute Gasteiger partial charge is 0.151 e. The highest BCUT2D eigenvalue weighted by Gasteiger charge is 2.17. The van der Waals surface area contributed by atoms with Crippen molar-refractivity contribution in [3.05, 3.63) is 29.8 Å². The molecule has 0 aliphatic heterocycles. The Balaban J connectivity index is 2.58. The van der Waals surface area contributed by atoms with Gasteiger partial charge in [-0.15, -0.1) is 11.6 Å². The molecule has 2 aromatic rings. The largest absolute Gasteiger partial charge is 0.383 e. The van der Waals surface area contributed by atoms with E-state index in [9.17, 15) is 4.39 Å². The first-order valence-corrected chi connectivity index (χ1v) is 6.42. The van der Waals surface area contributed by atoms with Gasteiger partial charge in [0.2, 0.25) is 0 Å². The molecule has 0 aliphatic rings. The Kier molecular flexibility index (Phi) is 4.19. The average molecular weight is 271 g/mol. The zero-order valence-corrected chi connectivity index (χ0v) is 11.2. The summed E-state index contributed by atoms with van der Waals surface area (Å²) in [7, 11) is 1.65. The fraction of sp³-hybridized carbons (Fsp3) is 0.462. The molecule has 1 atom stereocenters. The minimum atomic E-state index is -0.299. The number of nitrogens with zero attached hydrogens (tertiary/aromatic N) is 2. The van der Waals surface area contributed by atoms with Gasteiger partial charge in [0, 0.05) is 19.4 Å². The van der Waals surface area contributed by atoms with Crippen molar-refractivity contribution >= 4 is 22.6 Å². The standard InChI is InChI=1S/C13H16ClFN2O/c1-9(8-18-2)17-11-5-3-4-10(15)13(11)16-12(17)6-7-14/h3-5,9H,6-8H2,1-2H3. The molecule has 18 heavy (non-hydrogen) atoms. The van der Waals surface area contributed by atoms with Gasteiger partial charge in [-0.2, -0.15) is 0 Å². The third kappa shape index (κ3) is 2.35. The van der Waals surface area contributed by atoms with Crippen LogP contribution in [0.15, 0.2) is 18.2 Å². The number of ether oxygens (including phenoxy) is 1. The SMILES string of the molecule is COCC(C)n1c(CCCl)nc2c(F)cccc21. The van der Waals surface area contributed by atoms with Crippen LogP contribution in [0.4, 0.5) is 4.39 Å². The van der Waals surface area contributed by atoms with Gasteiger partial charge >= 0.3 is 0 Å². The molecule has 1 aromatic carbocycles. The minimum absolute atomic E-state index is 0.0972. The lowest BCUT2D eigenvalue weighted by atomic mass is 10.2. The fourth-order valence-electron chi connectivity index (χ4n) is 2.20. The van der Waals surface area contributed by atoms with Gasteiger partial charge in [-0.05, 0) is 19.1 Å². The molecule has 0 spiro atoms. The van der Waals surface area contributed by atoms with Crippen molar-refractivity contribution in [1.82, 2.24) is 9.55 Å². The summed E-state index contributed by atoms with van der Waals surface area (Å²) in [6.45, 7) is 2.57. The summed E-state index contributed by atoms with van der Waals surface area (Å²) >= 11 is 5.78. The van der Waals surface area contributed by atoms with Gasteiger partial charge in [0.05, 0.1) is 18.2 Å². The summed E-state index contributed by atoms with van der Waals surface area (Å²) < 4.78 is 20.9. The monoisotopic (exact) mass is 270 g/mol. The minimum Gasteiger partial charge on any atom is -0.383 e. The second-order valence-electron chi connectivity index (χ2n) is 4.25. The van der Waals surface area contributed by atoms with E-state index >= 15 is 0 Å². The summed E-state index contributed by atoms with van der Waals surface area (Å²) in [6.07, 6.45) is 0.615. The van der Waals surface area contributed by atoms with E-state index in [0.29, 0.717) is 24.4 Å². The van der Waals surface area contributed by atoms with E-state index in [1.165, 1.54) is 6.07 Å². The highest BCUT2D eigenvalue weighted by Crippen LogP contribution is 2.24. The molecule has 1 aromatic heterocycles. The van der Waals surface area contributed by atoms with Crippen LogP contribution in [0.5, 0.6) is 0 Å². The van der Waals surface area contributed by atoms with E-state index < -0.39 is 0 Å². The van der Waals surface area contributed by atoms with Crippen molar-refractivity contribution in [3.63, 3.8) is 0 Å². The number of methoxy groups -OCH3 is 1. The first-order chi connectivity index (χ1) is 8.69. The molecular weight excluding hydrogens is 255 g/mol. The predicted molar refractivity (Wildman–Crippen MR) is 70.7 cm³/mol. The number of para-hydroxylation sites is 1. The molecule has 0 amide bonds. The van der Waals surface area contributed by atoms with Crippen LogP contribution in [0.25, 0.3) is 11.0 Å². The molecule has 0 radical (unpaired) electrons. The van der Waals surface area contributed by atoms with Gasteiger partial charge in [-0.3, -0.25) is 0 Å². The molecule has 0 N–H and O–H groups in total. The Morgan fingerprint density at radius 2 is 2.28 bits per heavy atom. The molecule has 0 aliphatic carbocycles. The summed E-state index contributed by atoms with van der Waals surface area (Å²) in [5.41, 5.74) is 1.19. The zero-order chi connectivity index (χ0) is 13.1. The average Bonchev–Trinajstić information content (AvgIpc) is 2.70. The number of halogens is 2. The van der Waals surface area contributed by atoms with Crippen molar-refractivity contribution < 1.29 is 9.13 Å². The molecule has 2 rings (SSSR count). The van der Waals surface area contributed by atoms with Crippen molar-refractivity contribution in [2.75, 3.05) is 19.6 Å². The molecule has 5 heteroatoms. The van der Waals surface area contributed by atoms with Crippen molar-refractivity contribution in [1.29, 1.82) is 0 Å². The van der Waals surface area contributed by atoms with Gasteiger partial charge in [0.1, 0.15) is 11.3 Å². The van der Waals surface area contributed by atoms with Crippen LogP contribution in [0.1, 0.15) is 18.8 Å². The van der Waals surface area contributed by atoms with Crippen molar-refractivity contribution in [2.45, 2.75) is 19.4 Å². The normalized spacial score (nSPS) is 13.1. The number of aromatic nitrogens is 2. The lowest BCUT2D eigenvalue weighted by molar-refractivity contribution is 0.162. The second-order valence-corrected chi connectivity index (χ2v) is 4.63. The first-order valence-electron chi connectivity index (χ1n) is 5.89. The highest BCUT2D eigenvalue weighted by molar-refractivity contribution is 6.17. The van der Waals surface area contributed by atoms with E-state index in [2.05, 4.69) is 4.98 Å². The molecule has 1 heterocycles. The van der Waals surface area contributed by atoms with Gasteiger partial charge in [0.15, 0.2) is 5.82 Å². The maximum absolute atomic E-state index is 13.7. The Hall–Kier alpha value is -1.13. The summed E-state index contributed by atoms with van der Waals surface area (Å²) in [5, 5.41) is 0. The zero-order valence-electron chi connectivity index (χ0n) is 10.5. The van der Waals surface area contributed by atoms with Gasteiger partial charge in [0.25, 0.3) is 0 Å². The summed E-state index contributed by atoms with van der Waals surface area (Å²) in [4.78, 5) is 4.35. The Bertz CT molecular complexity index is 541. The fourth-order valence-corrected chi connectivity index (χ4v) is 2.37. The maximum atomic E-state index is 13.7. The predicted octanol–water partition coefficient (Wildman–Crippen LogP) is 3.16. The molecule has 0 saturated carbocycles. The van der Waals surface area contributed by atoms with Crippen molar-refractivity contribution in [3.8, 4) is 0 Å². The first kappa shape index (κ1) is 13.3. The lowest BCUT2D eigenvalue weighted by Crippen LogP contribution is -2.14. The van der Waals surface area contributed by atoms with E-state index in [0.717, 1.165) is 11.3 Å². The molecule has 0 fully saturated rings. The third-order valence-electron chi connectivity index (χ3n) is 2.91. The maximum Gasteiger partial charge on any atom is 0.151 e. The third-order valence-corrected chi connectivity index (χ3v) is 3.10. The molecule has 1 unspecified atom stereocenters. The Labute approximate surface area is 111 Å². The van der Waals surface area contributed by atoms with Gasteiger partial charge < -0.3 is 9.30 Å². The number of alkyl halides is 1. The van der Waals surface area contributed by atoms with E-state index in [4.69, 9.17) is 16.3 Å². The van der Waals surface area contributed by atoms with E-state index in [1.807, 2.05) is 17.6 Å². The molecule has 0 bridgehead atoms. The molecule has 3 nitrogen and oxygen atoms in total. The number of aryl methyl sites for hydroxylation is 1. The number of benzene rings is 1. The van der Waals surface area contributed by atoms with Gasteiger partial charge in [-0.25, -0.2) is 9.37 Å². The highest BCUT2D eigenvalue weighted by atomic mass is 35.5. The molecule has 98 valence electrons. The van der Waals surface area contributed by atoms with Crippen LogP contribution >= 0.6 is 11.6 Å².